The summed E-state index contributed by atoms with van der Waals surface area (Å²) < 4.78 is 0. The lowest BCUT2D eigenvalue weighted by molar-refractivity contribution is -0.124. The number of aliphatic hydroxyl groups is 1. The topological polar surface area (TPSA) is 49.3 Å². The third-order valence-corrected chi connectivity index (χ3v) is 2.28. The first kappa shape index (κ1) is 10.1. The lowest BCUT2D eigenvalue weighted by atomic mass is 10.1. The number of nitrogens with one attached hydrogen (secondary N) is 1. The zero-order chi connectivity index (χ0) is 9.52. The molecule has 3 nitrogen and oxygen atoms in total. The van der Waals surface area contributed by atoms with Crippen LogP contribution in [0, 0.1) is 17.8 Å². The first-order valence-electron chi connectivity index (χ1n) is 4.69. The number of carbonyl (C=O) groups excluding carboxylic acids is 1. The highest BCUT2D eigenvalue weighted by Gasteiger charge is 2.21. The molecule has 0 saturated heterocycles. The SMILES string of the molecule is O=C(NCC#CCO)C1CCCC1. The van der Waals surface area contributed by atoms with Crippen molar-refractivity contribution >= 4 is 5.91 Å². The molecule has 1 saturated carbocycles. The number of rotatable bonds is 2. The standard InChI is InChI=1S/C10H15NO2/c12-8-4-3-7-11-10(13)9-5-1-2-6-9/h9,12H,1-2,5-8H2,(H,11,13). The average molecular weight is 181 g/mol. The number of aliphatic hydroxyl groups excluding tert-OH is 1. The Morgan fingerprint density at radius 1 is 1.38 bits per heavy atom. The van der Waals surface area contributed by atoms with E-state index in [1.54, 1.807) is 0 Å². The van der Waals surface area contributed by atoms with E-state index in [1.807, 2.05) is 0 Å². The van der Waals surface area contributed by atoms with Crippen LogP contribution in [0.5, 0.6) is 0 Å². The highest BCUT2D eigenvalue weighted by molar-refractivity contribution is 5.79. The van der Waals surface area contributed by atoms with Crippen molar-refractivity contribution in [3.8, 4) is 11.8 Å². The van der Waals surface area contributed by atoms with Crippen LogP contribution in [0.25, 0.3) is 0 Å². The summed E-state index contributed by atoms with van der Waals surface area (Å²) in [5.41, 5.74) is 0. The van der Waals surface area contributed by atoms with Gasteiger partial charge in [-0.1, -0.05) is 24.7 Å². The summed E-state index contributed by atoms with van der Waals surface area (Å²) in [6, 6.07) is 0. The van der Waals surface area contributed by atoms with Gasteiger partial charge in [-0.15, -0.1) is 0 Å². The smallest absolute Gasteiger partial charge is 0.223 e. The van der Waals surface area contributed by atoms with Gasteiger partial charge in [0.1, 0.15) is 6.61 Å². The second-order valence-corrected chi connectivity index (χ2v) is 3.21. The predicted molar refractivity (Wildman–Crippen MR) is 49.8 cm³/mol. The molecule has 0 heterocycles. The van der Waals surface area contributed by atoms with Gasteiger partial charge in [0.2, 0.25) is 5.91 Å². The minimum absolute atomic E-state index is 0.115. The van der Waals surface area contributed by atoms with Crippen LogP contribution in [0.1, 0.15) is 25.7 Å². The molecule has 3 heteroatoms. The molecule has 1 fully saturated rings. The summed E-state index contributed by atoms with van der Waals surface area (Å²) >= 11 is 0. The highest BCUT2D eigenvalue weighted by atomic mass is 16.2. The van der Waals surface area contributed by atoms with E-state index < -0.39 is 0 Å². The molecular weight excluding hydrogens is 166 g/mol. The molecule has 2 N–H and O–H groups in total. The van der Waals surface area contributed by atoms with Crippen molar-refractivity contribution in [2.45, 2.75) is 25.7 Å². The van der Waals surface area contributed by atoms with Crippen LogP contribution in [0.15, 0.2) is 0 Å². The fourth-order valence-electron chi connectivity index (χ4n) is 1.58. The Morgan fingerprint density at radius 3 is 2.69 bits per heavy atom. The molecule has 0 unspecified atom stereocenters. The summed E-state index contributed by atoms with van der Waals surface area (Å²) in [5.74, 6) is 5.46. The summed E-state index contributed by atoms with van der Waals surface area (Å²) in [6.45, 7) is 0.217. The van der Waals surface area contributed by atoms with Gasteiger partial charge in [-0.25, -0.2) is 0 Å². The van der Waals surface area contributed by atoms with E-state index in [0.717, 1.165) is 12.8 Å². The summed E-state index contributed by atoms with van der Waals surface area (Å²) in [6.07, 6.45) is 4.36. The largest absolute Gasteiger partial charge is 0.384 e. The van der Waals surface area contributed by atoms with E-state index in [1.165, 1.54) is 12.8 Å². The molecule has 0 radical (unpaired) electrons. The number of hydrogen-bond acceptors (Lipinski definition) is 2. The van der Waals surface area contributed by atoms with Gasteiger partial charge in [0.05, 0.1) is 6.54 Å². The second kappa shape index (κ2) is 5.60. The van der Waals surface area contributed by atoms with Gasteiger partial charge < -0.3 is 10.4 Å². The van der Waals surface area contributed by atoms with Gasteiger partial charge >= 0.3 is 0 Å². The van der Waals surface area contributed by atoms with E-state index in [2.05, 4.69) is 17.2 Å². The van der Waals surface area contributed by atoms with Crippen LogP contribution in [-0.4, -0.2) is 24.2 Å². The molecule has 1 rings (SSSR count). The zero-order valence-electron chi connectivity index (χ0n) is 7.68. The van der Waals surface area contributed by atoms with Crippen molar-refractivity contribution in [1.82, 2.24) is 5.32 Å². The Bertz CT molecular complexity index is 221. The molecule has 0 aliphatic heterocycles. The van der Waals surface area contributed by atoms with Gasteiger partial charge in [0, 0.05) is 5.92 Å². The fourth-order valence-corrected chi connectivity index (χ4v) is 1.58. The minimum atomic E-state index is -0.140. The molecule has 0 bridgehead atoms. The van der Waals surface area contributed by atoms with E-state index in [4.69, 9.17) is 5.11 Å². The van der Waals surface area contributed by atoms with E-state index in [0.29, 0.717) is 6.54 Å². The van der Waals surface area contributed by atoms with Gasteiger partial charge in [-0.05, 0) is 12.8 Å². The van der Waals surface area contributed by atoms with Gasteiger partial charge in [0.15, 0.2) is 0 Å². The molecule has 0 aromatic rings. The summed E-state index contributed by atoms with van der Waals surface area (Å²) in [7, 11) is 0. The van der Waals surface area contributed by atoms with Crippen molar-refractivity contribution in [1.29, 1.82) is 0 Å². The Balaban J connectivity index is 2.17. The van der Waals surface area contributed by atoms with E-state index in [9.17, 15) is 4.79 Å². The molecule has 1 aliphatic carbocycles. The van der Waals surface area contributed by atoms with Crippen LogP contribution < -0.4 is 5.32 Å². The Hall–Kier alpha value is -1.01. The molecule has 1 aliphatic rings. The Kier molecular flexibility index (Phi) is 4.34. The van der Waals surface area contributed by atoms with Crippen LogP contribution in [0.4, 0.5) is 0 Å². The van der Waals surface area contributed by atoms with Crippen LogP contribution >= 0.6 is 0 Å². The lowest BCUT2D eigenvalue weighted by Crippen LogP contribution is -2.29. The van der Waals surface area contributed by atoms with Crippen molar-refractivity contribution in [2.24, 2.45) is 5.92 Å². The fraction of sp³-hybridized carbons (Fsp3) is 0.700. The molecule has 0 atom stereocenters. The van der Waals surface area contributed by atoms with Gasteiger partial charge in [-0.3, -0.25) is 4.79 Å². The van der Waals surface area contributed by atoms with Crippen LogP contribution in [0.2, 0.25) is 0 Å². The Morgan fingerprint density at radius 2 is 2.08 bits per heavy atom. The number of carbonyl (C=O) groups is 1. The van der Waals surface area contributed by atoms with E-state index >= 15 is 0 Å². The zero-order valence-corrected chi connectivity index (χ0v) is 7.68. The first-order valence-corrected chi connectivity index (χ1v) is 4.69. The van der Waals surface area contributed by atoms with Crippen molar-refractivity contribution in [2.75, 3.05) is 13.2 Å². The molecule has 72 valence electrons. The predicted octanol–water partition coefficient (Wildman–Crippen LogP) is 0.288. The number of amides is 1. The molecular formula is C10H15NO2. The second-order valence-electron chi connectivity index (χ2n) is 3.21. The maximum Gasteiger partial charge on any atom is 0.223 e. The maximum absolute atomic E-state index is 11.4. The monoisotopic (exact) mass is 181 g/mol. The lowest BCUT2D eigenvalue weighted by Gasteiger charge is -2.06. The number of hydrogen-bond donors (Lipinski definition) is 2. The summed E-state index contributed by atoms with van der Waals surface area (Å²) in [5, 5.41) is 11.1. The van der Waals surface area contributed by atoms with Crippen LogP contribution in [0.3, 0.4) is 0 Å². The molecule has 0 aromatic heterocycles. The van der Waals surface area contributed by atoms with Crippen molar-refractivity contribution < 1.29 is 9.90 Å². The highest BCUT2D eigenvalue weighted by Crippen LogP contribution is 2.24. The molecule has 1 amide bonds. The first-order chi connectivity index (χ1) is 6.34. The molecule has 0 aromatic carbocycles. The van der Waals surface area contributed by atoms with Crippen molar-refractivity contribution in [3.05, 3.63) is 0 Å². The van der Waals surface area contributed by atoms with Crippen LogP contribution in [-0.2, 0) is 4.79 Å². The summed E-state index contributed by atoms with van der Waals surface area (Å²) in [4.78, 5) is 11.4. The third kappa shape index (κ3) is 3.47. The van der Waals surface area contributed by atoms with E-state index in [-0.39, 0.29) is 18.4 Å². The normalized spacial score (nSPS) is 16.4. The van der Waals surface area contributed by atoms with Gasteiger partial charge in [-0.2, -0.15) is 0 Å². The minimum Gasteiger partial charge on any atom is -0.384 e. The third-order valence-electron chi connectivity index (χ3n) is 2.28. The van der Waals surface area contributed by atoms with Crippen molar-refractivity contribution in [3.63, 3.8) is 0 Å². The quantitative estimate of drug-likeness (QED) is 0.601. The average Bonchev–Trinajstić information content (AvgIpc) is 2.65. The maximum atomic E-state index is 11.4. The molecule has 13 heavy (non-hydrogen) atoms. The molecule has 0 spiro atoms. The van der Waals surface area contributed by atoms with Gasteiger partial charge in [0.25, 0.3) is 0 Å². The Labute approximate surface area is 78.5 Å².